The van der Waals surface area contributed by atoms with E-state index < -0.39 is 30.6 Å². The third-order valence-electron chi connectivity index (χ3n) is 4.77. The van der Waals surface area contributed by atoms with Gasteiger partial charge in [-0.2, -0.15) is 0 Å². The van der Waals surface area contributed by atoms with Crippen LogP contribution in [-0.4, -0.2) is 53.4 Å². The second kappa shape index (κ2) is 8.60. The average Bonchev–Trinajstić information content (AvgIpc) is 3.34. The molecule has 2 aliphatic heterocycles. The maximum atomic E-state index is 12.6. The van der Waals surface area contributed by atoms with Crippen LogP contribution in [0.5, 0.6) is 23.0 Å². The fourth-order valence-electron chi connectivity index (χ4n) is 3.16. The number of aliphatic hydroxyl groups is 1. The van der Waals surface area contributed by atoms with E-state index in [1.165, 1.54) is 25.1 Å². The molecule has 0 radical (unpaired) electrons. The summed E-state index contributed by atoms with van der Waals surface area (Å²) in [6, 6.07) is 8.28. The molecule has 1 amide bonds. The number of ketones is 1. The largest absolute Gasteiger partial charge is 0.484 e. The van der Waals surface area contributed by atoms with Gasteiger partial charge in [0.2, 0.25) is 12.6 Å². The molecule has 0 aromatic heterocycles. The topological polar surface area (TPSA) is 141 Å². The Kier molecular flexibility index (Phi) is 5.69. The maximum absolute atomic E-state index is 12.6. The van der Waals surface area contributed by atoms with Crippen LogP contribution in [0.1, 0.15) is 22.8 Å². The lowest BCUT2D eigenvalue weighted by molar-refractivity contribution is -0.145. The molecule has 10 heteroatoms. The van der Waals surface area contributed by atoms with Crippen LogP contribution in [0.25, 0.3) is 6.08 Å². The van der Waals surface area contributed by atoms with Crippen molar-refractivity contribution in [3.63, 3.8) is 0 Å². The van der Waals surface area contributed by atoms with Crippen molar-refractivity contribution < 1.29 is 43.5 Å². The van der Waals surface area contributed by atoms with E-state index in [1.54, 1.807) is 24.3 Å². The second-order valence-electron chi connectivity index (χ2n) is 7.12. The molecule has 0 saturated carbocycles. The number of fused-ring (bicyclic) bond motifs is 2. The molecule has 0 spiro atoms. The summed E-state index contributed by atoms with van der Waals surface area (Å²) >= 11 is 0. The molecule has 2 aromatic rings. The molecular formula is C22H19NO9. The summed E-state index contributed by atoms with van der Waals surface area (Å²) in [4.78, 5) is 35.6. The Morgan fingerprint density at radius 2 is 1.94 bits per heavy atom. The molecule has 0 saturated heterocycles. The lowest BCUT2D eigenvalue weighted by Crippen LogP contribution is -2.49. The van der Waals surface area contributed by atoms with Gasteiger partial charge in [-0.25, -0.2) is 4.79 Å². The number of allylic oxidation sites excluding steroid dienone is 1. The van der Waals surface area contributed by atoms with Crippen LogP contribution in [0.15, 0.2) is 42.2 Å². The van der Waals surface area contributed by atoms with Gasteiger partial charge in [0.15, 0.2) is 29.9 Å². The summed E-state index contributed by atoms with van der Waals surface area (Å²) in [5.74, 6) is -0.538. The van der Waals surface area contributed by atoms with Gasteiger partial charge >= 0.3 is 5.97 Å². The number of hydrogen-bond donors (Lipinski definition) is 3. The molecule has 10 nitrogen and oxygen atoms in total. The van der Waals surface area contributed by atoms with Crippen LogP contribution >= 0.6 is 0 Å². The van der Waals surface area contributed by atoms with E-state index >= 15 is 0 Å². The van der Waals surface area contributed by atoms with Crippen molar-refractivity contribution >= 4 is 23.7 Å². The molecule has 4 rings (SSSR count). The highest BCUT2D eigenvalue weighted by Gasteiger charge is 2.28. The molecule has 166 valence electrons. The fourth-order valence-corrected chi connectivity index (χ4v) is 3.16. The highest BCUT2D eigenvalue weighted by Crippen LogP contribution is 2.37. The minimum Gasteiger partial charge on any atom is -0.484 e. The van der Waals surface area contributed by atoms with Gasteiger partial charge in [-0.1, -0.05) is 6.07 Å². The van der Waals surface area contributed by atoms with Crippen molar-refractivity contribution in [2.24, 2.45) is 0 Å². The van der Waals surface area contributed by atoms with Gasteiger partial charge in [0, 0.05) is 6.07 Å². The van der Waals surface area contributed by atoms with E-state index in [2.05, 4.69) is 5.32 Å². The lowest BCUT2D eigenvalue weighted by Gasteiger charge is -2.17. The van der Waals surface area contributed by atoms with Crippen molar-refractivity contribution in [2.75, 3.05) is 13.4 Å². The molecule has 0 bridgehead atoms. The van der Waals surface area contributed by atoms with Gasteiger partial charge in [0.1, 0.15) is 11.5 Å². The van der Waals surface area contributed by atoms with Crippen molar-refractivity contribution in [3.05, 3.63) is 53.3 Å². The van der Waals surface area contributed by atoms with E-state index in [0.717, 1.165) is 0 Å². The summed E-state index contributed by atoms with van der Waals surface area (Å²) in [5, 5.41) is 20.6. The lowest BCUT2D eigenvalue weighted by atomic mass is 10.1. The van der Waals surface area contributed by atoms with Crippen LogP contribution in [-0.2, 0) is 9.59 Å². The fraction of sp³-hybridized carbons (Fsp3) is 0.227. The maximum Gasteiger partial charge on any atom is 0.328 e. The number of benzene rings is 2. The molecular weight excluding hydrogens is 422 g/mol. The quantitative estimate of drug-likeness (QED) is 0.543. The van der Waals surface area contributed by atoms with E-state index in [-0.39, 0.29) is 29.8 Å². The molecule has 2 aliphatic rings. The average molecular weight is 441 g/mol. The Morgan fingerprint density at radius 3 is 2.69 bits per heavy atom. The first kappa shape index (κ1) is 21.2. The Balaban J connectivity index is 1.42. The SMILES string of the molecule is CC(O)[C@@H](NC(=O)COc1ccc2c(c1)O/C(=C\c1ccc3c(c1)OCO3)C2=O)C(=O)O. The predicted molar refractivity (Wildman–Crippen MR) is 109 cm³/mol. The Morgan fingerprint density at radius 1 is 1.16 bits per heavy atom. The monoisotopic (exact) mass is 441 g/mol. The van der Waals surface area contributed by atoms with Gasteiger partial charge in [-0.05, 0) is 42.8 Å². The van der Waals surface area contributed by atoms with E-state index in [0.29, 0.717) is 22.6 Å². The first-order chi connectivity index (χ1) is 15.3. The Labute approximate surface area is 182 Å². The zero-order chi connectivity index (χ0) is 22.8. The van der Waals surface area contributed by atoms with Crippen molar-refractivity contribution in [2.45, 2.75) is 19.1 Å². The molecule has 0 fully saturated rings. The molecule has 3 N–H and O–H groups in total. The van der Waals surface area contributed by atoms with Gasteiger partial charge in [0.25, 0.3) is 5.91 Å². The standard InChI is InChI=1S/C22H19NO9/c1-11(24)20(22(27)28)23-19(25)9-29-13-3-4-14-16(8-13)32-18(21(14)26)7-12-2-5-15-17(6-12)31-10-30-15/h2-8,11,20,24H,9-10H2,1H3,(H,23,25)(H,27,28)/b18-7-/t11?,20-/m1/s1. The number of carboxylic acid groups (broad SMARTS) is 1. The van der Waals surface area contributed by atoms with Gasteiger partial charge < -0.3 is 34.5 Å². The number of hydrogen-bond acceptors (Lipinski definition) is 8. The number of ether oxygens (including phenoxy) is 4. The summed E-state index contributed by atoms with van der Waals surface area (Å²) in [5.41, 5.74) is 1.04. The highest BCUT2D eigenvalue weighted by atomic mass is 16.7. The number of rotatable bonds is 7. The van der Waals surface area contributed by atoms with Crippen molar-refractivity contribution in [1.82, 2.24) is 5.32 Å². The molecule has 0 aliphatic carbocycles. The number of carbonyl (C=O) groups is 3. The molecule has 2 atom stereocenters. The molecule has 2 aromatic carbocycles. The van der Waals surface area contributed by atoms with Crippen LogP contribution in [0.3, 0.4) is 0 Å². The minimum absolute atomic E-state index is 0.120. The Hall–Kier alpha value is -4.05. The zero-order valence-electron chi connectivity index (χ0n) is 16.9. The number of nitrogens with one attached hydrogen (secondary N) is 1. The van der Waals surface area contributed by atoms with E-state index in [4.69, 9.17) is 24.1 Å². The van der Waals surface area contributed by atoms with Crippen LogP contribution in [0.4, 0.5) is 0 Å². The number of amides is 1. The smallest absolute Gasteiger partial charge is 0.328 e. The third kappa shape index (κ3) is 4.35. The van der Waals surface area contributed by atoms with Gasteiger partial charge in [0.05, 0.1) is 11.7 Å². The van der Waals surface area contributed by atoms with Crippen LogP contribution in [0, 0.1) is 0 Å². The van der Waals surface area contributed by atoms with Crippen LogP contribution < -0.4 is 24.3 Å². The second-order valence-corrected chi connectivity index (χ2v) is 7.12. The molecule has 32 heavy (non-hydrogen) atoms. The number of carboxylic acids is 1. The number of Topliss-reactive ketones (excluding diaryl/α,β-unsaturated/α-hetero) is 1. The number of carbonyl (C=O) groups excluding carboxylic acids is 2. The normalized spacial score (nSPS) is 16.8. The third-order valence-corrected chi connectivity index (χ3v) is 4.77. The summed E-state index contributed by atoms with van der Waals surface area (Å²) < 4.78 is 21.6. The first-order valence-corrected chi connectivity index (χ1v) is 9.63. The summed E-state index contributed by atoms with van der Waals surface area (Å²) in [6.07, 6.45) is 0.311. The van der Waals surface area contributed by atoms with Gasteiger partial charge in [-0.15, -0.1) is 0 Å². The number of aliphatic hydroxyl groups excluding tert-OH is 1. The Bertz CT molecular complexity index is 1120. The predicted octanol–water partition coefficient (Wildman–Crippen LogP) is 1.36. The summed E-state index contributed by atoms with van der Waals surface area (Å²) in [7, 11) is 0. The number of aliphatic carboxylic acids is 1. The van der Waals surface area contributed by atoms with Crippen molar-refractivity contribution in [3.8, 4) is 23.0 Å². The van der Waals surface area contributed by atoms with Crippen molar-refractivity contribution in [1.29, 1.82) is 0 Å². The van der Waals surface area contributed by atoms with Gasteiger partial charge in [-0.3, -0.25) is 9.59 Å². The van der Waals surface area contributed by atoms with E-state index in [1.807, 2.05) is 0 Å². The van der Waals surface area contributed by atoms with E-state index in [9.17, 15) is 19.5 Å². The summed E-state index contributed by atoms with van der Waals surface area (Å²) in [6.45, 7) is 0.916. The zero-order valence-corrected chi connectivity index (χ0v) is 16.9. The highest BCUT2D eigenvalue weighted by molar-refractivity contribution is 6.14. The molecule has 1 unspecified atom stereocenters. The first-order valence-electron chi connectivity index (χ1n) is 9.63. The molecule has 2 heterocycles. The van der Waals surface area contributed by atoms with Crippen LogP contribution in [0.2, 0.25) is 0 Å². The minimum atomic E-state index is -1.45.